The van der Waals surface area contributed by atoms with Gasteiger partial charge in [-0.2, -0.15) is 5.10 Å². The van der Waals surface area contributed by atoms with E-state index >= 15 is 0 Å². The summed E-state index contributed by atoms with van der Waals surface area (Å²) in [5, 5.41) is 4.40. The molecule has 0 bridgehead atoms. The summed E-state index contributed by atoms with van der Waals surface area (Å²) in [6.07, 6.45) is 0.765. The minimum absolute atomic E-state index is 0.158. The summed E-state index contributed by atoms with van der Waals surface area (Å²) >= 11 is 5.30. The van der Waals surface area contributed by atoms with Crippen LogP contribution in [0.5, 0.6) is 0 Å². The first kappa shape index (κ1) is 13.9. The summed E-state index contributed by atoms with van der Waals surface area (Å²) in [5.41, 5.74) is 2.78. The molecule has 3 aromatic rings. The van der Waals surface area contributed by atoms with Gasteiger partial charge in [0.2, 0.25) is 0 Å². The van der Waals surface area contributed by atoms with E-state index in [2.05, 4.69) is 10.1 Å². The SMILES string of the molecule is CCc1nn(C)c2c1[nH]c(=S)n2Cc1cc(F)ccc1F. The van der Waals surface area contributed by atoms with Crippen LogP contribution in [-0.2, 0) is 20.0 Å². The minimum Gasteiger partial charge on any atom is -0.328 e. The molecular weight excluding hydrogens is 294 g/mol. The highest BCUT2D eigenvalue weighted by Crippen LogP contribution is 2.20. The molecule has 0 atom stereocenters. The summed E-state index contributed by atoms with van der Waals surface area (Å²) in [4.78, 5) is 3.10. The molecule has 0 aliphatic rings. The lowest BCUT2D eigenvalue weighted by Crippen LogP contribution is -2.06. The summed E-state index contributed by atoms with van der Waals surface area (Å²) in [7, 11) is 1.81. The van der Waals surface area contributed by atoms with E-state index in [9.17, 15) is 8.78 Å². The molecule has 3 rings (SSSR count). The van der Waals surface area contributed by atoms with Gasteiger partial charge in [0.1, 0.15) is 17.2 Å². The molecule has 0 aliphatic heterocycles. The Morgan fingerprint density at radius 3 is 2.81 bits per heavy atom. The lowest BCUT2D eigenvalue weighted by atomic mass is 10.2. The number of aryl methyl sites for hydroxylation is 2. The number of hydrogen-bond acceptors (Lipinski definition) is 2. The number of hydrogen-bond donors (Lipinski definition) is 1. The van der Waals surface area contributed by atoms with Gasteiger partial charge in [-0.05, 0) is 36.8 Å². The highest BCUT2D eigenvalue weighted by Gasteiger charge is 2.15. The van der Waals surface area contributed by atoms with Crippen molar-refractivity contribution in [1.29, 1.82) is 0 Å². The van der Waals surface area contributed by atoms with Crippen molar-refractivity contribution in [1.82, 2.24) is 19.3 Å². The number of nitrogens with one attached hydrogen (secondary N) is 1. The van der Waals surface area contributed by atoms with Gasteiger partial charge in [-0.1, -0.05) is 6.92 Å². The Labute approximate surface area is 125 Å². The number of nitrogens with zero attached hydrogens (tertiary/aromatic N) is 3. The largest absolute Gasteiger partial charge is 0.328 e. The van der Waals surface area contributed by atoms with Gasteiger partial charge in [-0.25, -0.2) is 8.78 Å². The molecule has 1 aromatic carbocycles. The quantitative estimate of drug-likeness (QED) is 0.754. The standard InChI is InChI=1S/C14H14F2N4S/c1-3-11-12-13(19(2)18-11)20(14(21)17-12)7-8-6-9(15)4-5-10(8)16/h4-6H,3,7H2,1-2H3,(H,17,21). The predicted octanol–water partition coefficient (Wildman–Crippen LogP) is 3.32. The van der Waals surface area contributed by atoms with Gasteiger partial charge in [-0.15, -0.1) is 0 Å². The van der Waals surface area contributed by atoms with Crippen molar-refractivity contribution in [2.45, 2.75) is 19.9 Å². The van der Waals surface area contributed by atoms with Crippen LogP contribution >= 0.6 is 12.2 Å². The van der Waals surface area contributed by atoms with E-state index in [1.807, 2.05) is 14.0 Å². The molecule has 0 amide bonds. The van der Waals surface area contributed by atoms with E-state index in [0.717, 1.165) is 35.4 Å². The van der Waals surface area contributed by atoms with Crippen molar-refractivity contribution >= 4 is 23.4 Å². The molecule has 0 unspecified atom stereocenters. The van der Waals surface area contributed by atoms with E-state index in [0.29, 0.717) is 4.77 Å². The van der Waals surface area contributed by atoms with Gasteiger partial charge in [0.05, 0.1) is 12.2 Å². The van der Waals surface area contributed by atoms with Gasteiger partial charge in [0.15, 0.2) is 10.4 Å². The molecule has 21 heavy (non-hydrogen) atoms. The van der Waals surface area contributed by atoms with Crippen LogP contribution in [0.3, 0.4) is 0 Å². The summed E-state index contributed by atoms with van der Waals surface area (Å²) in [5.74, 6) is -0.922. The van der Waals surface area contributed by atoms with Crippen molar-refractivity contribution in [3.8, 4) is 0 Å². The molecule has 0 saturated heterocycles. The average Bonchev–Trinajstić information content (AvgIpc) is 2.92. The third-order valence-electron chi connectivity index (χ3n) is 3.49. The maximum atomic E-state index is 13.8. The van der Waals surface area contributed by atoms with Crippen molar-refractivity contribution in [2.24, 2.45) is 7.05 Å². The molecule has 2 aromatic heterocycles. The molecule has 1 N–H and O–H groups in total. The van der Waals surface area contributed by atoms with E-state index in [1.165, 1.54) is 6.07 Å². The van der Waals surface area contributed by atoms with Crippen LogP contribution in [0.2, 0.25) is 0 Å². The first-order chi connectivity index (χ1) is 10.0. The van der Waals surface area contributed by atoms with Gasteiger partial charge < -0.3 is 4.98 Å². The van der Waals surface area contributed by atoms with Crippen LogP contribution in [0.1, 0.15) is 18.2 Å². The zero-order chi connectivity index (χ0) is 15.1. The van der Waals surface area contributed by atoms with Crippen molar-refractivity contribution in [2.75, 3.05) is 0 Å². The van der Waals surface area contributed by atoms with Crippen LogP contribution in [0, 0.1) is 16.4 Å². The first-order valence-electron chi connectivity index (χ1n) is 6.59. The van der Waals surface area contributed by atoms with E-state index in [1.54, 1.807) is 9.25 Å². The number of H-pyrrole nitrogens is 1. The van der Waals surface area contributed by atoms with Crippen molar-refractivity contribution in [3.05, 3.63) is 45.9 Å². The zero-order valence-corrected chi connectivity index (χ0v) is 12.5. The van der Waals surface area contributed by atoms with Gasteiger partial charge in [0, 0.05) is 12.6 Å². The Hall–Kier alpha value is -2.02. The van der Waals surface area contributed by atoms with Gasteiger partial charge >= 0.3 is 0 Å². The first-order valence-corrected chi connectivity index (χ1v) is 7.00. The van der Waals surface area contributed by atoms with E-state index in [-0.39, 0.29) is 12.1 Å². The fourth-order valence-electron chi connectivity index (χ4n) is 2.51. The van der Waals surface area contributed by atoms with E-state index in [4.69, 9.17) is 12.2 Å². The number of aromatic amines is 1. The number of imidazole rings is 1. The third-order valence-corrected chi connectivity index (χ3v) is 3.82. The molecule has 110 valence electrons. The maximum absolute atomic E-state index is 13.8. The van der Waals surface area contributed by atoms with Gasteiger partial charge in [0.25, 0.3) is 0 Å². The fourth-order valence-corrected chi connectivity index (χ4v) is 2.76. The number of benzene rings is 1. The molecular formula is C14H14F2N4S. The van der Waals surface area contributed by atoms with Gasteiger partial charge in [-0.3, -0.25) is 9.25 Å². The molecule has 0 aliphatic carbocycles. The Morgan fingerprint density at radius 2 is 2.10 bits per heavy atom. The predicted molar refractivity (Wildman–Crippen MR) is 78.7 cm³/mol. The molecule has 0 fully saturated rings. The monoisotopic (exact) mass is 308 g/mol. The normalized spacial score (nSPS) is 11.4. The highest BCUT2D eigenvalue weighted by atomic mass is 32.1. The number of halogens is 2. The summed E-state index contributed by atoms with van der Waals surface area (Å²) in [6, 6.07) is 3.41. The number of fused-ring (bicyclic) bond motifs is 1. The lowest BCUT2D eigenvalue weighted by Gasteiger charge is -2.06. The molecule has 7 heteroatoms. The smallest absolute Gasteiger partial charge is 0.179 e. The Kier molecular flexibility index (Phi) is 3.36. The lowest BCUT2D eigenvalue weighted by molar-refractivity contribution is 0.576. The van der Waals surface area contributed by atoms with Crippen LogP contribution < -0.4 is 0 Å². The second-order valence-electron chi connectivity index (χ2n) is 4.87. The second-order valence-corrected chi connectivity index (χ2v) is 5.26. The highest BCUT2D eigenvalue weighted by molar-refractivity contribution is 7.71. The Bertz CT molecular complexity index is 875. The van der Waals surface area contributed by atoms with Crippen molar-refractivity contribution < 1.29 is 8.78 Å². The minimum atomic E-state index is -0.469. The van der Waals surface area contributed by atoms with E-state index < -0.39 is 11.6 Å². The molecule has 4 nitrogen and oxygen atoms in total. The average molecular weight is 308 g/mol. The van der Waals surface area contributed by atoms with Crippen LogP contribution in [0.15, 0.2) is 18.2 Å². The molecule has 0 spiro atoms. The second kappa shape index (κ2) is 5.07. The molecule has 0 saturated carbocycles. The fraction of sp³-hybridized carbons (Fsp3) is 0.286. The number of rotatable bonds is 3. The maximum Gasteiger partial charge on any atom is 0.179 e. The zero-order valence-electron chi connectivity index (χ0n) is 11.7. The van der Waals surface area contributed by atoms with Crippen LogP contribution in [-0.4, -0.2) is 19.3 Å². The Balaban J connectivity index is 2.17. The summed E-state index contributed by atoms with van der Waals surface area (Å²) < 4.78 is 31.0. The molecule has 2 heterocycles. The third kappa shape index (κ3) is 2.27. The Morgan fingerprint density at radius 1 is 1.33 bits per heavy atom. The topological polar surface area (TPSA) is 38.5 Å². The van der Waals surface area contributed by atoms with Crippen molar-refractivity contribution in [3.63, 3.8) is 0 Å². The summed E-state index contributed by atoms with van der Waals surface area (Å²) in [6.45, 7) is 2.16. The number of aromatic nitrogens is 4. The molecule has 0 radical (unpaired) electrons. The van der Waals surface area contributed by atoms with Crippen LogP contribution in [0.25, 0.3) is 11.2 Å². The van der Waals surface area contributed by atoms with Crippen LogP contribution in [0.4, 0.5) is 8.78 Å².